The average molecular weight is 359 g/mol. The van der Waals surface area contributed by atoms with Gasteiger partial charge in [0.25, 0.3) is 5.91 Å². The molecule has 0 bridgehead atoms. The first-order chi connectivity index (χ1) is 13.1. The topological polar surface area (TPSA) is 29.5 Å². The number of rotatable bonds is 3. The molecule has 3 nitrogen and oxygen atoms in total. The molecule has 4 heteroatoms. The van der Waals surface area contributed by atoms with Gasteiger partial charge in [0.05, 0.1) is 18.4 Å². The summed E-state index contributed by atoms with van der Waals surface area (Å²) in [7, 11) is 1.57. The van der Waals surface area contributed by atoms with E-state index in [0.717, 1.165) is 16.8 Å². The van der Waals surface area contributed by atoms with Crippen LogP contribution >= 0.6 is 0 Å². The number of hydrogen-bond donors (Lipinski definition) is 0. The van der Waals surface area contributed by atoms with Crippen LogP contribution in [-0.4, -0.2) is 13.0 Å². The van der Waals surface area contributed by atoms with E-state index >= 15 is 0 Å². The van der Waals surface area contributed by atoms with Crippen molar-refractivity contribution in [2.75, 3.05) is 12.0 Å². The van der Waals surface area contributed by atoms with Crippen molar-refractivity contribution in [3.63, 3.8) is 0 Å². The molecular weight excluding hydrogens is 341 g/mol. The van der Waals surface area contributed by atoms with Crippen LogP contribution in [0.5, 0.6) is 5.75 Å². The highest BCUT2D eigenvalue weighted by molar-refractivity contribution is 6.24. The minimum atomic E-state index is -0.339. The molecule has 0 spiro atoms. The van der Waals surface area contributed by atoms with Gasteiger partial charge in [-0.2, -0.15) is 0 Å². The standard InChI is InChI=1S/C23H18FNO2/c1-15-3-5-16(6-4-15)13-22-20-12-11-19(27-2)14-21(20)23(26)25(22)18-9-7-17(24)8-10-18/h3-14H,1-2H3/b22-13-. The van der Waals surface area contributed by atoms with Crippen LogP contribution in [0.1, 0.15) is 27.0 Å². The van der Waals surface area contributed by atoms with Gasteiger partial charge in [0.1, 0.15) is 11.6 Å². The number of anilines is 1. The molecule has 0 unspecified atom stereocenters. The lowest BCUT2D eigenvalue weighted by Gasteiger charge is -2.18. The highest BCUT2D eigenvalue weighted by Gasteiger charge is 2.33. The van der Waals surface area contributed by atoms with Gasteiger partial charge >= 0.3 is 0 Å². The van der Waals surface area contributed by atoms with Crippen LogP contribution in [-0.2, 0) is 0 Å². The van der Waals surface area contributed by atoms with Crippen LogP contribution in [0.15, 0.2) is 66.7 Å². The molecule has 1 aliphatic rings. The lowest BCUT2D eigenvalue weighted by Crippen LogP contribution is -2.22. The lowest BCUT2D eigenvalue weighted by molar-refractivity contribution is 0.101. The van der Waals surface area contributed by atoms with E-state index in [4.69, 9.17) is 4.74 Å². The van der Waals surface area contributed by atoms with Crippen molar-refractivity contribution >= 4 is 23.4 Å². The summed E-state index contributed by atoms with van der Waals surface area (Å²) >= 11 is 0. The zero-order valence-corrected chi connectivity index (χ0v) is 15.1. The molecule has 1 heterocycles. The van der Waals surface area contributed by atoms with Gasteiger partial charge in [-0.25, -0.2) is 4.39 Å². The Labute approximate surface area is 157 Å². The lowest BCUT2D eigenvalue weighted by atomic mass is 10.1. The number of carbonyl (C=O) groups is 1. The average Bonchev–Trinajstić information content (AvgIpc) is 2.95. The Balaban J connectivity index is 1.89. The predicted octanol–water partition coefficient (Wildman–Crippen LogP) is 5.30. The van der Waals surface area contributed by atoms with Crippen molar-refractivity contribution in [1.29, 1.82) is 0 Å². The Hall–Kier alpha value is -3.40. The van der Waals surface area contributed by atoms with Crippen LogP contribution in [0, 0.1) is 12.7 Å². The molecule has 0 aromatic heterocycles. The van der Waals surface area contributed by atoms with Gasteiger partial charge in [-0.05, 0) is 61.0 Å². The molecule has 0 saturated heterocycles. The highest BCUT2D eigenvalue weighted by Crippen LogP contribution is 2.39. The zero-order chi connectivity index (χ0) is 19.0. The minimum absolute atomic E-state index is 0.158. The molecule has 0 fully saturated rings. The molecule has 0 radical (unpaired) electrons. The van der Waals surface area contributed by atoms with E-state index in [-0.39, 0.29) is 11.7 Å². The fraction of sp³-hybridized carbons (Fsp3) is 0.0870. The van der Waals surface area contributed by atoms with Crippen molar-refractivity contribution in [3.05, 3.63) is 94.8 Å². The largest absolute Gasteiger partial charge is 0.497 e. The number of methoxy groups -OCH3 is 1. The molecule has 27 heavy (non-hydrogen) atoms. The Morgan fingerprint density at radius 1 is 0.926 bits per heavy atom. The maximum atomic E-state index is 13.4. The van der Waals surface area contributed by atoms with Crippen LogP contribution in [0.4, 0.5) is 10.1 Å². The predicted molar refractivity (Wildman–Crippen MR) is 105 cm³/mol. The summed E-state index contributed by atoms with van der Waals surface area (Å²) in [5, 5.41) is 0. The van der Waals surface area contributed by atoms with Crippen molar-refractivity contribution in [2.24, 2.45) is 0 Å². The van der Waals surface area contributed by atoms with Crippen molar-refractivity contribution < 1.29 is 13.9 Å². The third-order valence-electron chi connectivity index (χ3n) is 4.64. The second-order valence-electron chi connectivity index (χ2n) is 6.47. The number of hydrogen-bond acceptors (Lipinski definition) is 2. The first kappa shape index (κ1) is 17.0. The Kier molecular flexibility index (Phi) is 4.24. The Morgan fingerprint density at radius 3 is 2.30 bits per heavy atom. The van der Waals surface area contributed by atoms with Gasteiger partial charge in [-0.1, -0.05) is 29.8 Å². The number of nitrogens with zero attached hydrogens (tertiary/aromatic N) is 1. The molecule has 1 aliphatic heterocycles. The molecule has 0 atom stereocenters. The molecule has 0 aliphatic carbocycles. The molecule has 4 rings (SSSR count). The number of carbonyl (C=O) groups excluding carboxylic acids is 1. The first-order valence-corrected chi connectivity index (χ1v) is 8.63. The molecule has 1 amide bonds. The van der Waals surface area contributed by atoms with Crippen molar-refractivity contribution in [2.45, 2.75) is 6.92 Å². The third kappa shape index (κ3) is 3.10. The number of fused-ring (bicyclic) bond motifs is 1. The molecule has 0 saturated carbocycles. The van der Waals surface area contributed by atoms with E-state index in [1.807, 2.05) is 49.4 Å². The molecule has 3 aromatic rings. The molecule has 3 aromatic carbocycles. The first-order valence-electron chi connectivity index (χ1n) is 8.63. The van der Waals surface area contributed by atoms with E-state index in [9.17, 15) is 9.18 Å². The summed E-state index contributed by atoms with van der Waals surface area (Å²) in [4.78, 5) is 14.8. The van der Waals surface area contributed by atoms with Gasteiger partial charge in [0.2, 0.25) is 0 Å². The smallest absolute Gasteiger partial charge is 0.263 e. The van der Waals surface area contributed by atoms with E-state index in [1.54, 1.807) is 30.2 Å². The number of ether oxygens (including phenoxy) is 1. The van der Waals surface area contributed by atoms with Crippen LogP contribution in [0.25, 0.3) is 11.8 Å². The zero-order valence-electron chi connectivity index (χ0n) is 15.1. The Bertz CT molecular complexity index is 1040. The van der Waals surface area contributed by atoms with E-state index in [2.05, 4.69) is 0 Å². The van der Waals surface area contributed by atoms with Crippen LogP contribution in [0.3, 0.4) is 0 Å². The van der Waals surface area contributed by atoms with Crippen LogP contribution in [0.2, 0.25) is 0 Å². The van der Waals surface area contributed by atoms with Crippen molar-refractivity contribution in [3.8, 4) is 5.75 Å². The highest BCUT2D eigenvalue weighted by atomic mass is 19.1. The number of amides is 1. The summed E-state index contributed by atoms with van der Waals surface area (Å²) < 4.78 is 18.7. The fourth-order valence-corrected chi connectivity index (χ4v) is 3.21. The number of aryl methyl sites for hydroxylation is 1. The van der Waals surface area contributed by atoms with E-state index < -0.39 is 0 Å². The summed E-state index contributed by atoms with van der Waals surface area (Å²) in [5.74, 6) is 0.125. The second kappa shape index (κ2) is 6.72. The SMILES string of the molecule is COc1ccc2c(c1)C(=O)N(c1ccc(F)cc1)/C2=C\c1ccc(C)cc1. The normalized spacial score (nSPS) is 14.6. The van der Waals surface area contributed by atoms with Crippen molar-refractivity contribution in [1.82, 2.24) is 0 Å². The minimum Gasteiger partial charge on any atom is -0.497 e. The van der Waals surface area contributed by atoms with E-state index in [1.165, 1.54) is 17.7 Å². The fourth-order valence-electron chi connectivity index (χ4n) is 3.21. The Morgan fingerprint density at radius 2 is 1.63 bits per heavy atom. The van der Waals surface area contributed by atoms with E-state index in [0.29, 0.717) is 17.0 Å². The summed E-state index contributed by atoms with van der Waals surface area (Å²) in [6.45, 7) is 2.03. The summed E-state index contributed by atoms with van der Waals surface area (Å²) in [5.41, 5.74) is 4.92. The molecular formula is C23H18FNO2. The maximum Gasteiger partial charge on any atom is 0.263 e. The summed E-state index contributed by atoms with van der Waals surface area (Å²) in [6.07, 6.45) is 1.97. The number of halogens is 1. The van der Waals surface area contributed by atoms with Crippen LogP contribution < -0.4 is 9.64 Å². The molecule has 134 valence electrons. The second-order valence-corrected chi connectivity index (χ2v) is 6.47. The maximum absolute atomic E-state index is 13.4. The third-order valence-corrected chi connectivity index (χ3v) is 4.64. The monoisotopic (exact) mass is 359 g/mol. The van der Waals surface area contributed by atoms with Gasteiger partial charge in [-0.3, -0.25) is 9.69 Å². The van der Waals surface area contributed by atoms with Gasteiger partial charge in [-0.15, -0.1) is 0 Å². The van der Waals surface area contributed by atoms with Gasteiger partial charge in [0.15, 0.2) is 0 Å². The quantitative estimate of drug-likeness (QED) is 0.635. The summed E-state index contributed by atoms with van der Waals surface area (Å²) in [6, 6.07) is 19.5. The van der Waals surface area contributed by atoms with Gasteiger partial charge < -0.3 is 4.74 Å². The molecule has 0 N–H and O–H groups in total. The van der Waals surface area contributed by atoms with Gasteiger partial charge in [0, 0.05) is 11.3 Å². The number of benzene rings is 3.